The standard InChI is InChI=1S/C15H16N2O2S/c1-2-19-15(18)11-5-6-12-14(11)17-13(20-12)8-10-4-3-7-16-9-10/h3-4,7,9,11H,2,5-6,8H2,1H3. The largest absolute Gasteiger partial charge is 0.465 e. The van der Waals surface area contributed by atoms with Crippen molar-refractivity contribution < 1.29 is 9.53 Å². The number of hydrogen-bond acceptors (Lipinski definition) is 5. The van der Waals surface area contributed by atoms with Crippen molar-refractivity contribution >= 4 is 17.3 Å². The lowest BCUT2D eigenvalue weighted by Crippen LogP contribution is -2.14. The summed E-state index contributed by atoms with van der Waals surface area (Å²) in [6.07, 6.45) is 6.17. The summed E-state index contributed by atoms with van der Waals surface area (Å²) in [6, 6.07) is 3.97. The van der Waals surface area contributed by atoms with Crippen molar-refractivity contribution in [2.24, 2.45) is 0 Å². The average Bonchev–Trinajstić information content (AvgIpc) is 2.99. The highest BCUT2D eigenvalue weighted by Gasteiger charge is 2.33. The van der Waals surface area contributed by atoms with E-state index in [0.29, 0.717) is 6.61 Å². The minimum absolute atomic E-state index is 0.135. The highest BCUT2D eigenvalue weighted by molar-refractivity contribution is 7.11. The molecule has 1 atom stereocenters. The van der Waals surface area contributed by atoms with Gasteiger partial charge < -0.3 is 4.74 Å². The lowest BCUT2D eigenvalue weighted by Gasteiger charge is -2.07. The summed E-state index contributed by atoms with van der Waals surface area (Å²) in [4.78, 5) is 21.9. The lowest BCUT2D eigenvalue weighted by atomic mass is 10.1. The number of fused-ring (bicyclic) bond motifs is 1. The third kappa shape index (κ3) is 2.58. The van der Waals surface area contributed by atoms with E-state index in [0.717, 1.165) is 35.5 Å². The summed E-state index contributed by atoms with van der Waals surface area (Å²) in [6.45, 7) is 2.26. The maximum Gasteiger partial charge on any atom is 0.315 e. The SMILES string of the molecule is CCOC(=O)C1CCc2sc(Cc3cccnc3)nc21. The van der Waals surface area contributed by atoms with Crippen LogP contribution in [-0.2, 0) is 22.4 Å². The molecule has 2 heterocycles. The van der Waals surface area contributed by atoms with Gasteiger partial charge in [0, 0.05) is 23.7 Å². The van der Waals surface area contributed by atoms with Crippen LogP contribution in [0.3, 0.4) is 0 Å². The van der Waals surface area contributed by atoms with E-state index >= 15 is 0 Å². The molecule has 2 aromatic rings. The van der Waals surface area contributed by atoms with Gasteiger partial charge in [0.05, 0.1) is 17.3 Å². The molecule has 2 aromatic heterocycles. The molecule has 0 radical (unpaired) electrons. The summed E-state index contributed by atoms with van der Waals surface area (Å²) in [5.74, 6) is -0.298. The molecule has 1 aliphatic carbocycles. The zero-order chi connectivity index (χ0) is 13.9. The number of hydrogen-bond donors (Lipinski definition) is 0. The zero-order valence-electron chi connectivity index (χ0n) is 11.3. The van der Waals surface area contributed by atoms with E-state index in [1.54, 1.807) is 17.5 Å². The fourth-order valence-corrected chi connectivity index (χ4v) is 3.68. The monoisotopic (exact) mass is 288 g/mol. The number of ether oxygens (including phenoxy) is 1. The van der Waals surface area contributed by atoms with E-state index < -0.39 is 0 Å². The molecule has 3 rings (SSSR count). The normalized spacial score (nSPS) is 16.9. The third-order valence-electron chi connectivity index (χ3n) is 3.41. The molecule has 104 valence electrons. The van der Waals surface area contributed by atoms with Gasteiger partial charge in [-0.3, -0.25) is 9.78 Å². The minimum atomic E-state index is -0.163. The third-order valence-corrected chi connectivity index (χ3v) is 4.54. The van der Waals surface area contributed by atoms with Crippen LogP contribution in [-0.4, -0.2) is 22.5 Å². The van der Waals surface area contributed by atoms with Crippen LogP contribution in [0.5, 0.6) is 0 Å². The Morgan fingerprint density at radius 2 is 2.45 bits per heavy atom. The Labute approximate surface area is 121 Å². The van der Waals surface area contributed by atoms with Gasteiger partial charge in [0.15, 0.2) is 0 Å². The number of pyridine rings is 1. The van der Waals surface area contributed by atoms with E-state index in [4.69, 9.17) is 4.74 Å². The van der Waals surface area contributed by atoms with Crippen molar-refractivity contribution in [2.45, 2.75) is 32.1 Å². The van der Waals surface area contributed by atoms with Gasteiger partial charge in [-0.15, -0.1) is 11.3 Å². The van der Waals surface area contributed by atoms with Crippen LogP contribution in [0.15, 0.2) is 24.5 Å². The first-order valence-corrected chi connectivity index (χ1v) is 7.63. The molecule has 1 unspecified atom stereocenters. The quantitative estimate of drug-likeness (QED) is 0.812. The van der Waals surface area contributed by atoms with Crippen LogP contribution in [0, 0.1) is 0 Å². The number of esters is 1. The highest BCUT2D eigenvalue weighted by atomic mass is 32.1. The van der Waals surface area contributed by atoms with Crippen LogP contribution in [0.1, 0.15) is 40.4 Å². The molecule has 4 nitrogen and oxygen atoms in total. The molecular weight excluding hydrogens is 272 g/mol. The predicted molar refractivity (Wildman–Crippen MR) is 76.9 cm³/mol. The van der Waals surface area contributed by atoms with Gasteiger partial charge in [0.1, 0.15) is 5.92 Å². The summed E-state index contributed by atoms with van der Waals surface area (Å²) >= 11 is 1.71. The highest BCUT2D eigenvalue weighted by Crippen LogP contribution is 2.37. The van der Waals surface area contributed by atoms with Crippen molar-refractivity contribution in [1.82, 2.24) is 9.97 Å². The van der Waals surface area contributed by atoms with Gasteiger partial charge in [0.2, 0.25) is 0 Å². The summed E-state index contributed by atoms with van der Waals surface area (Å²) in [7, 11) is 0. The Balaban J connectivity index is 1.78. The molecule has 0 spiro atoms. The molecule has 0 aliphatic heterocycles. The topological polar surface area (TPSA) is 52.1 Å². The number of aryl methyl sites for hydroxylation is 1. The molecule has 0 bridgehead atoms. The second kappa shape index (κ2) is 5.71. The molecule has 0 N–H and O–H groups in total. The Morgan fingerprint density at radius 1 is 1.55 bits per heavy atom. The van der Waals surface area contributed by atoms with Gasteiger partial charge in [-0.25, -0.2) is 4.98 Å². The van der Waals surface area contributed by atoms with E-state index in [-0.39, 0.29) is 11.9 Å². The molecule has 0 saturated heterocycles. The van der Waals surface area contributed by atoms with E-state index in [1.165, 1.54) is 4.88 Å². The van der Waals surface area contributed by atoms with Crippen LogP contribution >= 0.6 is 11.3 Å². The number of carbonyl (C=O) groups excluding carboxylic acids is 1. The molecular formula is C15H16N2O2S. The number of thiazole rings is 1. The Hall–Kier alpha value is -1.75. The van der Waals surface area contributed by atoms with E-state index in [1.807, 2.05) is 25.3 Å². The van der Waals surface area contributed by atoms with Crippen LogP contribution in [0.25, 0.3) is 0 Å². The lowest BCUT2D eigenvalue weighted by molar-refractivity contribution is -0.145. The second-order valence-electron chi connectivity index (χ2n) is 4.80. The zero-order valence-corrected chi connectivity index (χ0v) is 12.2. The molecule has 0 amide bonds. The second-order valence-corrected chi connectivity index (χ2v) is 5.97. The Morgan fingerprint density at radius 3 is 3.20 bits per heavy atom. The Bertz CT molecular complexity index is 610. The van der Waals surface area contributed by atoms with Crippen LogP contribution < -0.4 is 0 Å². The molecule has 20 heavy (non-hydrogen) atoms. The van der Waals surface area contributed by atoms with Crippen molar-refractivity contribution in [1.29, 1.82) is 0 Å². The molecule has 1 aliphatic rings. The fraction of sp³-hybridized carbons (Fsp3) is 0.400. The maximum absolute atomic E-state index is 11.9. The molecule has 0 saturated carbocycles. The van der Waals surface area contributed by atoms with Gasteiger partial charge in [-0.05, 0) is 31.4 Å². The number of aromatic nitrogens is 2. The van der Waals surface area contributed by atoms with Crippen molar-refractivity contribution in [3.05, 3.63) is 45.7 Å². The predicted octanol–water partition coefficient (Wildman–Crippen LogP) is 2.72. The smallest absolute Gasteiger partial charge is 0.315 e. The average molecular weight is 288 g/mol. The van der Waals surface area contributed by atoms with Crippen LogP contribution in [0.4, 0.5) is 0 Å². The molecule has 0 fully saturated rings. The summed E-state index contributed by atoms with van der Waals surface area (Å²) in [5, 5.41) is 1.05. The van der Waals surface area contributed by atoms with Gasteiger partial charge in [-0.2, -0.15) is 0 Å². The van der Waals surface area contributed by atoms with Crippen molar-refractivity contribution in [2.75, 3.05) is 6.61 Å². The van der Waals surface area contributed by atoms with Crippen molar-refractivity contribution in [3.8, 4) is 0 Å². The van der Waals surface area contributed by atoms with E-state index in [2.05, 4.69) is 9.97 Å². The van der Waals surface area contributed by atoms with E-state index in [9.17, 15) is 4.79 Å². The first kappa shape index (κ1) is 13.2. The number of nitrogens with zero attached hydrogens (tertiary/aromatic N) is 2. The van der Waals surface area contributed by atoms with Crippen molar-refractivity contribution in [3.63, 3.8) is 0 Å². The number of rotatable bonds is 4. The van der Waals surface area contributed by atoms with Gasteiger partial charge in [-0.1, -0.05) is 6.07 Å². The summed E-state index contributed by atoms with van der Waals surface area (Å²) < 4.78 is 5.13. The summed E-state index contributed by atoms with van der Waals surface area (Å²) in [5.41, 5.74) is 2.08. The van der Waals surface area contributed by atoms with Crippen LogP contribution in [0.2, 0.25) is 0 Å². The first-order valence-electron chi connectivity index (χ1n) is 6.82. The molecule has 5 heteroatoms. The Kier molecular flexibility index (Phi) is 3.78. The first-order chi connectivity index (χ1) is 9.78. The van der Waals surface area contributed by atoms with Gasteiger partial charge >= 0.3 is 5.97 Å². The number of carbonyl (C=O) groups is 1. The van der Waals surface area contributed by atoms with Gasteiger partial charge in [0.25, 0.3) is 0 Å². The minimum Gasteiger partial charge on any atom is -0.465 e. The maximum atomic E-state index is 11.9. The fourth-order valence-electron chi connectivity index (χ4n) is 2.50. The molecule has 0 aromatic carbocycles.